The number of hydrazone groups is 1. The number of rotatable bonds is 7. The van der Waals surface area contributed by atoms with Crippen LogP contribution in [-0.2, 0) is 17.4 Å². The van der Waals surface area contributed by atoms with E-state index < -0.39 is 17.6 Å². The first-order valence-electron chi connectivity index (χ1n) is 8.89. The molecule has 0 spiro atoms. The Morgan fingerprint density at radius 2 is 2.12 bits per heavy atom. The number of hydrogen-bond acceptors (Lipinski definition) is 6. The maximum absolute atomic E-state index is 12.8. The second-order valence-electron chi connectivity index (χ2n) is 6.33. The predicted octanol–water partition coefficient (Wildman–Crippen LogP) is 6.02. The second kappa shape index (κ2) is 10.3. The minimum atomic E-state index is -4.44. The van der Waals surface area contributed by atoms with Crippen LogP contribution in [0.5, 0.6) is 5.75 Å². The van der Waals surface area contributed by atoms with Crippen molar-refractivity contribution < 1.29 is 22.7 Å². The summed E-state index contributed by atoms with van der Waals surface area (Å²) in [5, 5.41) is 9.11. The zero-order chi connectivity index (χ0) is 23.3. The van der Waals surface area contributed by atoms with Crippen molar-refractivity contribution in [1.82, 2.24) is 10.4 Å². The van der Waals surface area contributed by atoms with E-state index in [2.05, 4.69) is 36.8 Å². The molecule has 12 heteroatoms. The molecule has 2 N–H and O–H groups in total. The summed E-state index contributed by atoms with van der Waals surface area (Å²) >= 11 is 10.6. The number of benzene rings is 2. The molecule has 6 nitrogen and oxygen atoms in total. The fourth-order valence-corrected chi connectivity index (χ4v) is 4.25. The number of ether oxygens (including phenoxy) is 1. The summed E-state index contributed by atoms with van der Waals surface area (Å²) < 4.78 is 44.4. The molecule has 0 saturated heterocycles. The molecular weight excluding hydrogens is 533 g/mol. The van der Waals surface area contributed by atoms with Gasteiger partial charge in [0.1, 0.15) is 5.75 Å². The third-order valence-electron chi connectivity index (χ3n) is 3.97. The van der Waals surface area contributed by atoms with E-state index >= 15 is 0 Å². The second-order valence-corrected chi connectivity index (χ2v) is 8.51. The number of halogens is 5. The van der Waals surface area contributed by atoms with Gasteiger partial charge < -0.3 is 10.1 Å². The summed E-state index contributed by atoms with van der Waals surface area (Å²) in [6, 6.07) is 8.18. The predicted molar refractivity (Wildman–Crippen MR) is 122 cm³/mol. The average molecular weight is 548 g/mol. The summed E-state index contributed by atoms with van der Waals surface area (Å²) in [5.74, 6) is -0.00472. The minimum Gasteiger partial charge on any atom is -0.495 e. The van der Waals surface area contributed by atoms with Crippen molar-refractivity contribution in [2.24, 2.45) is 5.10 Å². The van der Waals surface area contributed by atoms with Crippen LogP contribution in [0.3, 0.4) is 0 Å². The van der Waals surface area contributed by atoms with E-state index in [0.717, 1.165) is 16.6 Å². The summed E-state index contributed by atoms with van der Waals surface area (Å²) in [5.41, 5.74) is 2.88. The van der Waals surface area contributed by atoms with E-state index in [1.807, 2.05) is 0 Å². The normalized spacial score (nSPS) is 11.6. The first-order valence-corrected chi connectivity index (χ1v) is 10.9. The number of anilines is 2. The smallest absolute Gasteiger partial charge is 0.416 e. The van der Waals surface area contributed by atoms with Crippen LogP contribution in [-0.4, -0.2) is 24.2 Å². The van der Waals surface area contributed by atoms with Gasteiger partial charge in [-0.3, -0.25) is 4.79 Å². The van der Waals surface area contributed by atoms with E-state index in [1.54, 1.807) is 17.5 Å². The molecule has 0 saturated carbocycles. The Kier molecular flexibility index (Phi) is 7.75. The quantitative estimate of drug-likeness (QED) is 0.280. The van der Waals surface area contributed by atoms with E-state index in [4.69, 9.17) is 16.3 Å². The third-order valence-corrected chi connectivity index (χ3v) is 5.51. The highest BCUT2D eigenvalue weighted by Crippen LogP contribution is 2.32. The fraction of sp³-hybridized carbons (Fsp3) is 0.150. The molecule has 1 heterocycles. The largest absolute Gasteiger partial charge is 0.495 e. The molecule has 32 heavy (non-hydrogen) atoms. The van der Waals surface area contributed by atoms with Crippen LogP contribution in [0.15, 0.2) is 51.4 Å². The highest BCUT2D eigenvalue weighted by Gasteiger charge is 2.30. The molecule has 1 aromatic heterocycles. The summed E-state index contributed by atoms with van der Waals surface area (Å²) in [6.45, 7) is 0. The lowest BCUT2D eigenvalue weighted by Crippen LogP contribution is -2.20. The summed E-state index contributed by atoms with van der Waals surface area (Å²) in [7, 11) is 1.47. The highest BCUT2D eigenvalue weighted by atomic mass is 79.9. The van der Waals surface area contributed by atoms with E-state index in [1.165, 1.54) is 36.8 Å². The van der Waals surface area contributed by atoms with Gasteiger partial charge in [-0.25, -0.2) is 10.4 Å². The van der Waals surface area contributed by atoms with Crippen LogP contribution in [0.4, 0.5) is 24.0 Å². The van der Waals surface area contributed by atoms with Crippen LogP contribution >= 0.6 is 38.9 Å². The van der Waals surface area contributed by atoms with Crippen LogP contribution in [0.1, 0.15) is 16.8 Å². The lowest BCUT2D eigenvalue weighted by Gasteiger charge is -2.08. The van der Waals surface area contributed by atoms with Gasteiger partial charge in [-0.1, -0.05) is 33.6 Å². The van der Waals surface area contributed by atoms with Gasteiger partial charge in [0.15, 0.2) is 5.13 Å². The molecule has 0 aliphatic carbocycles. The Bertz CT molecular complexity index is 1150. The van der Waals surface area contributed by atoms with Crippen LogP contribution in [0.2, 0.25) is 5.02 Å². The van der Waals surface area contributed by atoms with Gasteiger partial charge in [0, 0.05) is 21.1 Å². The maximum Gasteiger partial charge on any atom is 0.416 e. The Labute approximate surface area is 198 Å². The van der Waals surface area contributed by atoms with E-state index in [9.17, 15) is 18.0 Å². The van der Waals surface area contributed by atoms with Gasteiger partial charge >= 0.3 is 6.18 Å². The molecule has 0 radical (unpaired) electrons. The van der Waals surface area contributed by atoms with E-state index in [-0.39, 0.29) is 12.1 Å². The van der Waals surface area contributed by atoms with E-state index in [0.29, 0.717) is 27.2 Å². The lowest BCUT2D eigenvalue weighted by molar-refractivity contribution is -0.137. The van der Waals surface area contributed by atoms with Gasteiger partial charge in [0.05, 0.1) is 36.0 Å². The van der Waals surface area contributed by atoms with Crippen molar-refractivity contribution in [1.29, 1.82) is 0 Å². The Morgan fingerprint density at radius 1 is 1.34 bits per heavy atom. The molecule has 0 aliphatic heterocycles. The molecule has 0 atom stereocenters. The molecule has 3 rings (SSSR count). The number of nitrogens with zero attached hydrogens (tertiary/aromatic N) is 2. The molecule has 168 valence electrons. The SMILES string of the molecule is COc1c(Cl)cc(Br)cc1/C=N\NC(=O)Cc1csc(Nc2cccc(C(F)(F)F)c2)n1. The molecule has 0 unspecified atom stereocenters. The van der Waals surface area contributed by atoms with Crippen molar-refractivity contribution in [3.8, 4) is 5.75 Å². The Balaban J connectivity index is 1.59. The van der Waals surface area contributed by atoms with Gasteiger partial charge in [-0.2, -0.15) is 18.3 Å². The number of alkyl halides is 3. The van der Waals surface area contributed by atoms with Crippen LogP contribution in [0, 0.1) is 0 Å². The third kappa shape index (κ3) is 6.44. The topological polar surface area (TPSA) is 75.6 Å². The number of amides is 1. The Hall–Kier alpha value is -2.63. The number of aromatic nitrogens is 1. The number of nitrogens with one attached hydrogen (secondary N) is 2. The van der Waals surface area contributed by atoms with Crippen LogP contribution in [0.25, 0.3) is 0 Å². The minimum absolute atomic E-state index is 0.0610. The zero-order valence-electron chi connectivity index (χ0n) is 16.3. The number of thiazole rings is 1. The number of carbonyl (C=O) groups excluding carboxylic acids is 1. The Morgan fingerprint density at radius 3 is 2.84 bits per heavy atom. The standard InChI is InChI=1S/C20H15BrClF3N4O2S/c1-31-18-11(5-13(21)7-16(18)22)9-26-29-17(30)8-15-10-32-19(28-15)27-14-4-2-3-12(6-14)20(23,24)25/h2-7,9-10H,8H2,1H3,(H,27,28)(H,29,30)/b26-9-. The summed E-state index contributed by atoms with van der Waals surface area (Å²) in [4.78, 5) is 16.4. The number of carbonyl (C=O) groups is 1. The molecule has 0 fully saturated rings. The van der Waals surface area contributed by atoms with Gasteiger partial charge in [-0.15, -0.1) is 11.3 Å². The highest BCUT2D eigenvalue weighted by molar-refractivity contribution is 9.10. The molecule has 1 amide bonds. The summed E-state index contributed by atoms with van der Waals surface area (Å²) in [6.07, 6.45) is -3.10. The average Bonchev–Trinajstić information content (AvgIpc) is 3.14. The van der Waals surface area contributed by atoms with Gasteiger partial charge in [0.25, 0.3) is 0 Å². The number of methoxy groups -OCH3 is 1. The van der Waals surface area contributed by atoms with Crippen molar-refractivity contribution in [3.05, 3.63) is 68.1 Å². The van der Waals surface area contributed by atoms with Crippen molar-refractivity contribution >= 4 is 61.8 Å². The van der Waals surface area contributed by atoms with Gasteiger partial charge in [0.2, 0.25) is 5.91 Å². The molecule has 0 aliphatic rings. The molecule has 3 aromatic rings. The van der Waals surface area contributed by atoms with Crippen LogP contribution < -0.4 is 15.5 Å². The fourth-order valence-electron chi connectivity index (χ4n) is 2.61. The molecular formula is C20H15BrClF3N4O2S. The van der Waals surface area contributed by atoms with Crippen molar-refractivity contribution in [2.75, 3.05) is 12.4 Å². The molecule has 2 aromatic carbocycles. The monoisotopic (exact) mass is 546 g/mol. The lowest BCUT2D eigenvalue weighted by atomic mass is 10.2. The maximum atomic E-state index is 12.8. The molecule has 0 bridgehead atoms. The van der Waals surface area contributed by atoms with Crippen molar-refractivity contribution in [2.45, 2.75) is 12.6 Å². The van der Waals surface area contributed by atoms with Gasteiger partial charge in [-0.05, 0) is 30.3 Å². The number of hydrogen-bond donors (Lipinski definition) is 2. The zero-order valence-corrected chi connectivity index (χ0v) is 19.5. The first kappa shape index (κ1) is 24.0. The van der Waals surface area contributed by atoms with Crippen molar-refractivity contribution in [3.63, 3.8) is 0 Å². The first-order chi connectivity index (χ1) is 15.2.